The second kappa shape index (κ2) is 10.1. The third kappa shape index (κ3) is 6.01. The van der Waals surface area contributed by atoms with Gasteiger partial charge in [-0.2, -0.15) is 0 Å². The van der Waals surface area contributed by atoms with E-state index in [0.717, 1.165) is 63.2 Å². The van der Waals surface area contributed by atoms with Crippen LogP contribution in [0.1, 0.15) is 36.8 Å². The molecule has 0 aliphatic carbocycles. The summed E-state index contributed by atoms with van der Waals surface area (Å²) in [7, 11) is 0. The Morgan fingerprint density at radius 2 is 1.81 bits per heavy atom. The molecule has 26 heavy (non-hydrogen) atoms. The lowest BCUT2D eigenvalue weighted by molar-refractivity contribution is 0.0693. The van der Waals surface area contributed by atoms with Crippen molar-refractivity contribution in [1.29, 1.82) is 0 Å². The van der Waals surface area contributed by atoms with E-state index in [1.807, 2.05) is 36.4 Å². The molecule has 0 amide bonds. The number of aliphatic hydroxyl groups excluding tert-OH is 1. The number of β-amino-alcohol motifs (C(OH)–C–C–N with tert-alkyl or cyclic N) is 1. The Kier molecular flexibility index (Phi) is 7.29. The molecule has 1 atom stereocenters. The van der Waals surface area contributed by atoms with Gasteiger partial charge in [-0.3, -0.25) is 0 Å². The Hall–Kier alpha value is -2.10. The molecular formula is C23H29NO2. The smallest absolute Gasteiger partial charge is 0.126 e. The molecule has 2 aromatic rings. The zero-order chi connectivity index (χ0) is 18.0. The molecule has 1 fully saturated rings. The highest BCUT2D eigenvalue weighted by atomic mass is 16.5. The van der Waals surface area contributed by atoms with Gasteiger partial charge < -0.3 is 14.7 Å². The number of aliphatic hydroxyl groups is 1. The highest BCUT2D eigenvalue weighted by Crippen LogP contribution is 2.21. The Balaban J connectivity index is 1.44. The van der Waals surface area contributed by atoms with Gasteiger partial charge in [0.15, 0.2) is 0 Å². The van der Waals surface area contributed by atoms with Gasteiger partial charge in [0.05, 0.1) is 12.7 Å². The van der Waals surface area contributed by atoms with Crippen molar-refractivity contribution in [3.8, 4) is 5.75 Å². The molecule has 1 N–H and O–H groups in total. The van der Waals surface area contributed by atoms with E-state index in [2.05, 4.69) is 35.3 Å². The molecule has 3 rings (SSSR count). The lowest BCUT2D eigenvalue weighted by Crippen LogP contribution is -2.38. The Morgan fingerprint density at radius 1 is 1.00 bits per heavy atom. The van der Waals surface area contributed by atoms with Crippen molar-refractivity contribution >= 4 is 12.2 Å². The van der Waals surface area contributed by atoms with Crippen molar-refractivity contribution in [2.45, 2.75) is 31.8 Å². The lowest BCUT2D eigenvalue weighted by atomic mass is 10.1. The van der Waals surface area contributed by atoms with Crippen LogP contribution in [0.25, 0.3) is 12.2 Å². The van der Waals surface area contributed by atoms with Crippen LogP contribution >= 0.6 is 0 Å². The van der Waals surface area contributed by atoms with E-state index in [9.17, 15) is 5.11 Å². The summed E-state index contributed by atoms with van der Waals surface area (Å²) < 4.78 is 6.02. The summed E-state index contributed by atoms with van der Waals surface area (Å²) in [6, 6.07) is 18.5. The van der Waals surface area contributed by atoms with Gasteiger partial charge in [-0.15, -0.1) is 0 Å². The molecule has 0 radical (unpaired) electrons. The molecule has 1 aliphatic heterocycles. The molecule has 3 nitrogen and oxygen atoms in total. The number of likely N-dealkylation sites (tertiary alicyclic amines) is 1. The van der Waals surface area contributed by atoms with Gasteiger partial charge in [0.25, 0.3) is 0 Å². The molecular weight excluding hydrogens is 322 g/mol. The molecule has 2 aromatic carbocycles. The van der Waals surface area contributed by atoms with Crippen LogP contribution in [-0.2, 0) is 0 Å². The molecule has 1 heterocycles. The number of hydrogen-bond donors (Lipinski definition) is 1. The minimum atomic E-state index is -0.136. The number of rotatable bonds is 8. The predicted molar refractivity (Wildman–Crippen MR) is 108 cm³/mol. The number of hydrogen-bond acceptors (Lipinski definition) is 3. The molecule has 1 unspecified atom stereocenters. The Bertz CT molecular complexity index is 684. The van der Waals surface area contributed by atoms with Gasteiger partial charge in [-0.1, -0.05) is 60.7 Å². The maximum atomic E-state index is 9.72. The maximum absolute atomic E-state index is 9.72. The third-order valence-electron chi connectivity index (χ3n) is 4.78. The molecule has 0 spiro atoms. The Labute approximate surface area is 156 Å². The van der Waals surface area contributed by atoms with Gasteiger partial charge in [-0.05, 0) is 50.4 Å². The molecule has 0 saturated carbocycles. The standard InChI is InChI=1S/C23H29NO2/c25-22-12-8-17-24(19-22)16-6-7-18-26-23-13-5-4-11-21(23)15-14-20-9-2-1-3-10-20/h1-5,9-11,13-15,22,25H,6-8,12,16-19H2. The average Bonchev–Trinajstić information content (AvgIpc) is 2.68. The van der Waals surface area contributed by atoms with Crippen molar-refractivity contribution < 1.29 is 9.84 Å². The normalized spacial score (nSPS) is 18.3. The van der Waals surface area contributed by atoms with E-state index >= 15 is 0 Å². The second-order valence-corrected chi connectivity index (χ2v) is 6.93. The second-order valence-electron chi connectivity index (χ2n) is 6.93. The highest BCUT2D eigenvalue weighted by molar-refractivity contribution is 5.72. The van der Waals surface area contributed by atoms with Crippen molar-refractivity contribution in [3.05, 3.63) is 65.7 Å². The van der Waals surface area contributed by atoms with Crippen LogP contribution in [0, 0.1) is 0 Å². The van der Waals surface area contributed by atoms with Crippen molar-refractivity contribution in [3.63, 3.8) is 0 Å². The summed E-state index contributed by atoms with van der Waals surface area (Å²) in [5.41, 5.74) is 2.29. The fourth-order valence-electron chi connectivity index (χ4n) is 3.35. The van der Waals surface area contributed by atoms with Crippen molar-refractivity contribution in [1.82, 2.24) is 4.90 Å². The molecule has 1 aliphatic rings. The van der Waals surface area contributed by atoms with Gasteiger partial charge in [0.1, 0.15) is 5.75 Å². The summed E-state index contributed by atoms with van der Waals surface area (Å²) in [5.74, 6) is 0.938. The van der Waals surface area contributed by atoms with E-state index < -0.39 is 0 Å². The molecule has 3 heteroatoms. The lowest BCUT2D eigenvalue weighted by Gasteiger charge is -2.29. The largest absolute Gasteiger partial charge is 0.493 e. The maximum Gasteiger partial charge on any atom is 0.126 e. The van der Waals surface area contributed by atoms with Crippen LogP contribution in [0.2, 0.25) is 0 Å². The first-order chi connectivity index (χ1) is 12.8. The number of ether oxygens (including phenoxy) is 1. The quantitative estimate of drug-likeness (QED) is 0.562. The number of unbranched alkanes of at least 4 members (excludes halogenated alkanes) is 1. The highest BCUT2D eigenvalue weighted by Gasteiger charge is 2.16. The number of nitrogens with zero attached hydrogens (tertiary/aromatic N) is 1. The number of piperidine rings is 1. The summed E-state index contributed by atoms with van der Waals surface area (Å²) in [4.78, 5) is 2.37. The Morgan fingerprint density at radius 3 is 2.65 bits per heavy atom. The number of para-hydroxylation sites is 1. The topological polar surface area (TPSA) is 32.7 Å². The minimum Gasteiger partial charge on any atom is -0.493 e. The van der Waals surface area contributed by atoms with Gasteiger partial charge in [-0.25, -0.2) is 0 Å². The summed E-state index contributed by atoms with van der Waals surface area (Å²) >= 11 is 0. The van der Waals surface area contributed by atoms with E-state index in [0.29, 0.717) is 0 Å². The SMILES string of the molecule is OC1CCCN(CCCCOc2ccccc2C=Cc2ccccc2)C1. The number of benzene rings is 2. The molecule has 1 saturated heterocycles. The average molecular weight is 351 g/mol. The van der Waals surface area contributed by atoms with Crippen LogP contribution in [-0.4, -0.2) is 42.4 Å². The first-order valence-electron chi connectivity index (χ1n) is 9.66. The minimum absolute atomic E-state index is 0.136. The van der Waals surface area contributed by atoms with Gasteiger partial charge in [0, 0.05) is 12.1 Å². The van der Waals surface area contributed by atoms with Crippen LogP contribution in [0.5, 0.6) is 5.75 Å². The summed E-state index contributed by atoms with van der Waals surface area (Å²) in [6.45, 7) is 3.72. The fourth-order valence-corrected chi connectivity index (χ4v) is 3.35. The fraction of sp³-hybridized carbons (Fsp3) is 0.391. The summed E-state index contributed by atoms with van der Waals surface area (Å²) in [5, 5.41) is 9.72. The zero-order valence-electron chi connectivity index (χ0n) is 15.4. The first-order valence-corrected chi connectivity index (χ1v) is 9.66. The third-order valence-corrected chi connectivity index (χ3v) is 4.78. The zero-order valence-corrected chi connectivity index (χ0v) is 15.4. The van der Waals surface area contributed by atoms with Crippen LogP contribution in [0.4, 0.5) is 0 Å². The molecule has 0 bridgehead atoms. The predicted octanol–water partition coefficient (Wildman–Crippen LogP) is 4.47. The van der Waals surface area contributed by atoms with E-state index in [1.54, 1.807) is 0 Å². The van der Waals surface area contributed by atoms with Gasteiger partial charge >= 0.3 is 0 Å². The van der Waals surface area contributed by atoms with Crippen LogP contribution in [0.3, 0.4) is 0 Å². The molecule has 0 aromatic heterocycles. The van der Waals surface area contributed by atoms with E-state index in [1.165, 1.54) is 5.56 Å². The van der Waals surface area contributed by atoms with Crippen molar-refractivity contribution in [2.24, 2.45) is 0 Å². The van der Waals surface area contributed by atoms with Gasteiger partial charge in [0.2, 0.25) is 0 Å². The van der Waals surface area contributed by atoms with E-state index in [4.69, 9.17) is 4.74 Å². The molecule has 138 valence electrons. The van der Waals surface area contributed by atoms with E-state index in [-0.39, 0.29) is 6.10 Å². The van der Waals surface area contributed by atoms with Crippen LogP contribution < -0.4 is 4.74 Å². The monoisotopic (exact) mass is 351 g/mol. The van der Waals surface area contributed by atoms with Crippen molar-refractivity contribution in [2.75, 3.05) is 26.2 Å². The first kappa shape index (κ1) is 18.7. The van der Waals surface area contributed by atoms with Crippen LogP contribution in [0.15, 0.2) is 54.6 Å². The summed E-state index contributed by atoms with van der Waals surface area (Å²) in [6.07, 6.45) is 8.29.